The van der Waals surface area contributed by atoms with E-state index in [0.717, 1.165) is 13.0 Å². The van der Waals surface area contributed by atoms with Gasteiger partial charge in [0.25, 0.3) is 0 Å². The van der Waals surface area contributed by atoms with Crippen LogP contribution in [0.25, 0.3) is 0 Å². The number of carbonyl (C=O) groups is 1. The van der Waals surface area contributed by atoms with E-state index in [1.54, 1.807) is 18.5 Å². The Hall–Kier alpha value is -2.60. The Morgan fingerprint density at radius 3 is 2.71 bits per heavy atom. The lowest BCUT2D eigenvalue weighted by Crippen LogP contribution is -2.31. The Morgan fingerprint density at radius 1 is 1.17 bits per heavy atom. The van der Waals surface area contributed by atoms with Gasteiger partial charge in [0, 0.05) is 30.7 Å². The predicted molar refractivity (Wildman–Crippen MR) is 91.5 cm³/mol. The second kappa shape index (κ2) is 7.79. The van der Waals surface area contributed by atoms with Gasteiger partial charge in [0.2, 0.25) is 5.91 Å². The lowest BCUT2D eigenvalue weighted by molar-refractivity contribution is -0.117. The predicted octanol–water partition coefficient (Wildman–Crippen LogP) is 1.97. The highest BCUT2D eigenvalue weighted by Crippen LogP contribution is 2.32. The smallest absolute Gasteiger partial charge is 0.238 e. The van der Waals surface area contributed by atoms with E-state index in [9.17, 15) is 4.79 Å². The van der Waals surface area contributed by atoms with E-state index in [0.29, 0.717) is 36.9 Å². The van der Waals surface area contributed by atoms with Gasteiger partial charge in [-0.05, 0) is 43.3 Å². The van der Waals surface area contributed by atoms with Gasteiger partial charge < -0.3 is 14.8 Å². The third-order valence-electron chi connectivity index (χ3n) is 3.77. The fourth-order valence-electron chi connectivity index (χ4n) is 2.52. The number of carbonyl (C=O) groups excluding carboxylic acids is 1. The highest BCUT2D eigenvalue weighted by Gasteiger charge is 2.13. The van der Waals surface area contributed by atoms with Crippen LogP contribution in [0.2, 0.25) is 0 Å². The van der Waals surface area contributed by atoms with Crippen molar-refractivity contribution >= 4 is 11.6 Å². The van der Waals surface area contributed by atoms with Gasteiger partial charge >= 0.3 is 0 Å². The fraction of sp³-hybridized carbons (Fsp3) is 0.333. The van der Waals surface area contributed by atoms with E-state index in [1.807, 2.05) is 36.2 Å². The summed E-state index contributed by atoms with van der Waals surface area (Å²) in [6.07, 6.45) is 4.45. The Kier molecular flexibility index (Phi) is 5.28. The van der Waals surface area contributed by atoms with E-state index < -0.39 is 0 Å². The van der Waals surface area contributed by atoms with Crippen LogP contribution in [-0.4, -0.2) is 49.1 Å². The minimum Gasteiger partial charge on any atom is -0.486 e. The molecule has 1 aliphatic rings. The largest absolute Gasteiger partial charge is 0.486 e. The molecule has 0 aliphatic carbocycles. The molecule has 0 unspecified atom stereocenters. The average Bonchev–Trinajstić information content (AvgIpc) is 2.60. The first-order chi connectivity index (χ1) is 11.7. The third kappa shape index (κ3) is 4.45. The number of likely N-dealkylation sites (N-methyl/N-ethyl adjacent to an activating group) is 1. The molecule has 0 fully saturated rings. The number of anilines is 1. The van der Waals surface area contributed by atoms with Crippen molar-refractivity contribution in [2.24, 2.45) is 0 Å². The van der Waals surface area contributed by atoms with Gasteiger partial charge in [0.1, 0.15) is 13.2 Å². The molecule has 1 N–H and O–H groups in total. The molecule has 1 aromatic carbocycles. The highest BCUT2D eigenvalue weighted by molar-refractivity contribution is 5.92. The van der Waals surface area contributed by atoms with E-state index in [2.05, 4.69) is 10.3 Å². The maximum atomic E-state index is 12.2. The molecule has 0 saturated heterocycles. The molecule has 6 heteroatoms. The second-order valence-corrected chi connectivity index (χ2v) is 5.75. The molecule has 0 saturated carbocycles. The summed E-state index contributed by atoms with van der Waals surface area (Å²) in [5, 5.41) is 2.89. The lowest BCUT2D eigenvalue weighted by Gasteiger charge is -2.19. The SMILES string of the molecule is CN(CCc1ccncc1)CC(=O)Nc1ccc2c(c1)OCCO2. The standard InChI is InChI=1S/C18H21N3O3/c1-21(9-6-14-4-7-19-8-5-14)13-18(22)20-15-2-3-16-17(12-15)24-11-10-23-16/h2-5,7-8,12H,6,9-11,13H2,1H3,(H,20,22). The van der Waals surface area contributed by atoms with Crippen molar-refractivity contribution in [3.05, 3.63) is 48.3 Å². The van der Waals surface area contributed by atoms with Crippen LogP contribution in [-0.2, 0) is 11.2 Å². The molecule has 3 rings (SSSR count). The van der Waals surface area contributed by atoms with Crippen LogP contribution in [0.15, 0.2) is 42.7 Å². The summed E-state index contributed by atoms with van der Waals surface area (Å²) < 4.78 is 11.0. The summed E-state index contributed by atoms with van der Waals surface area (Å²) in [6, 6.07) is 9.41. The molecule has 2 heterocycles. The molecule has 0 spiro atoms. The number of aromatic nitrogens is 1. The van der Waals surface area contributed by atoms with Crippen molar-refractivity contribution < 1.29 is 14.3 Å². The minimum atomic E-state index is -0.0519. The summed E-state index contributed by atoms with van der Waals surface area (Å²) in [6.45, 7) is 2.22. The number of hydrogen-bond donors (Lipinski definition) is 1. The summed E-state index contributed by atoms with van der Waals surface area (Å²) >= 11 is 0. The summed E-state index contributed by atoms with van der Waals surface area (Å²) in [7, 11) is 1.94. The highest BCUT2D eigenvalue weighted by atomic mass is 16.6. The molecule has 0 atom stereocenters. The van der Waals surface area contributed by atoms with Gasteiger partial charge in [0.15, 0.2) is 11.5 Å². The molecule has 1 amide bonds. The van der Waals surface area contributed by atoms with Crippen molar-refractivity contribution in [2.75, 3.05) is 38.7 Å². The number of benzene rings is 1. The maximum absolute atomic E-state index is 12.2. The molecule has 1 aliphatic heterocycles. The number of fused-ring (bicyclic) bond motifs is 1. The molecule has 0 radical (unpaired) electrons. The van der Waals surface area contributed by atoms with Crippen LogP contribution in [0.1, 0.15) is 5.56 Å². The Balaban J connectivity index is 1.48. The molecule has 0 bridgehead atoms. The van der Waals surface area contributed by atoms with Crippen molar-refractivity contribution in [1.29, 1.82) is 0 Å². The maximum Gasteiger partial charge on any atom is 0.238 e. The number of nitrogens with one attached hydrogen (secondary N) is 1. The minimum absolute atomic E-state index is 0.0519. The summed E-state index contributed by atoms with van der Waals surface area (Å²) in [5.41, 5.74) is 1.93. The molecule has 24 heavy (non-hydrogen) atoms. The van der Waals surface area contributed by atoms with Crippen molar-refractivity contribution in [3.8, 4) is 11.5 Å². The molecular weight excluding hydrogens is 306 g/mol. The first-order valence-electron chi connectivity index (χ1n) is 7.97. The molecule has 6 nitrogen and oxygen atoms in total. The van der Waals surface area contributed by atoms with Crippen LogP contribution in [0.3, 0.4) is 0 Å². The van der Waals surface area contributed by atoms with E-state index in [4.69, 9.17) is 9.47 Å². The first-order valence-corrected chi connectivity index (χ1v) is 7.97. The number of pyridine rings is 1. The van der Waals surface area contributed by atoms with Crippen LogP contribution in [0.5, 0.6) is 11.5 Å². The second-order valence-electron chi connectivity index (χ2n) is 5.75. The number of nitrogens with zero attached hydrogens (tertiary/aromatic N) is 2. The number of rotatable bonds is 6. The van der Waals surface area contributed by atoms with Crippen LogP contribution in [0, 0.1) is 0 Å². The summed E-state index contributed by atoms with van der Waals surface area (Å²) in [4.78, 5) is 18.2. The first kappa shape index (κ1) is 16.3. The van der Waals surface area contributed by atoms with Crippen molar-refractivity contribution in [1.82, 2.24) is 9.88 Å². The van der Waals surface area contributed by atoms with Crippen molar-refractivity contribution in [3.63, 3.8) is 0 Å². The van der Waals surface area contributed by atoms with E-state index >= 15 is 0 Å². The number of ether oxygens (including phenoxy) is 2. The third-order valence-corrected chi connectivity index (χ3v) is 3.77. The Bertz CT molecular complexity index is 691. The van der Waals surface area contributed by atoms with Gasteiger partial charge in [0.05, 0.1) is 6.54 Å². The topological polar surface area (TPSA) is 63.7 Å². The van der Waals surface area contributed by atoms with Gasteiger partial charge in [-0.25, -0.2) is 0 Å². The Morgan fingerprint density at radius 2 is 1.92 bits per heavy atom. The monoisotopic (exact) mass is 327 g/mol. The lowest BCUT2D eigenvalue weighted by atomic mass is 10.2. The zero-order chi connectivity index (χ0) is 16.8. The molecular formula is C18H21N3O3. The quantitative estimate of drug-likeness (QED) is 0.879. The molecule has 126 valence electrons. The van der Waals surface area contributed by atoms with Crippen LogP contribution in [0.4, 0.5) is 5.69 Å². The summed E-state index contributed by atoms with van der Waals surface area (Å²) in [5.74, 6) is 1.34. The van der Waals surface area contributed by atoms with Gasteiger partial charge in [-0.15, -0.1) is 0 Å². The fourth-order valence-corrected chi connectivity index (χ4v) is 2.52. The van der Waals surface area contributed by atoms with Crippen molar-refractivity contribution in [2.45, 2.75) is 6.42 Å². The average molecular weight is 327 g/mol. The van der Waals surface area contributed by atoms with Gasteiger partial charge in [-0.1, -0.05) is 0 Å². The van der Waals surface area contributed by atoms with E-state index in [-0.39, 0.29) is 5.91 Å². The normalized spacial score (nSPS) is 12.9. The number of amides is 1. The van der Waals surface area contributed by atoms with Crippen LogP contribution >= 0.6 is 0 Å². The van der Waals surface area contributed by atoms with Gasteiger partial charge in [-0.3, -0.25) is 14.7 Å². The number of hydrogen-bond acceptors (Lipinski definition) is 5. The molecule has 2 aromatic rings. The Labute approximate surface area is 141 Å². The van der Waals surface area contributed by atoms with Crippen LogP contribution < -0.4 is 14.8 Å². The zero-order valence-corrected chi connectivity index (χ0v) is 13.7. The zero-order valence-electron chi connectivity index (χ0n) is 13.7. The van der Waals surface area contributed by atoms with Gasteiger partial charge in [-0.2, -0.15) is 0 Å². The van der Waals surface area contributed by atoms with E-state index in [1.165, 1.54) is 5.56 Å². The molecule has 1 aromatic heterocycles.